The Hall–Kier alpha value is -2.81. The zero-order valence-corrected chi connectivity index (χ0v) is 15.1. The number of aromatic amines is 1. The molecule has 3 rings (SSSR count). The van der Waals surface area contributed by atoms with Gasteiger partial charge in [-0.25, -0.2) is 4.39 Å². The van der Waals surface area contributed by atoms with Crippen molar-refractivity contribution in [3.8, 4) is 11.8 Å². The molecule has 26 heavy (non-hydrogen) atoms. The van der Waals surface area contributed by atoms with E-state index in [1.54, 1.807) is 6.92 Å². The van der Waals surface area contributed by atoms with E-state index in [9.17, 15) is 14.0 Å². The summed E-state index contributed by atoms with van der Waals surface area (Å²) in [5.41, 5.74) is 8.59. The number of amides is 2. The Kier molecular flexibility index (Phi) is 4.73. The molecule has 0 saturated heterocycles. The number of aromatic nitrogens is 1. The van der Waals surface area contributed by atoms with Crippen LogP contribution in [0.2, 0.25) is 0 Å². The highest BCUT2D eigenvalue weighted by Crippen LogP contribution is 2.41. The Morgan fingerprint density at radius 1 is 1.35 bits per heavy atom. The number of halogens is 1. The third-order valence-corrected chi connectivity index (χ3v) is 5.25. The first-order valence-corrected chi connectivity index (χ1v) is 8.67. The fraction of sp³-hybridized carbons (Fsp3) is 0.400. The number of rotatable bonds is 3. The van der Waals surface area contributed by atoms with Crippen LogP contribution in [0.15, 0.2) is 6.07 Å². The zero-order chi connectivity index (χ0) is 19.0. The third-order valence-electron chi connectivity index (χ3n) is 5.25. The van der Waals surface area contributed by atoms with E-state index >= 15 is 0 Å². The minimum atomic E-state index is -0.656. The molecular formula is C20H22FN3O2. The summed E-state index contributed by atoms with van der Waals surface area (Å²) in [6.45, 7) is 5.41. The van der Waals surface area contributed by atoms with Crippen molar-refractivity contribution in [2.24, 2.45) is 5.73 Å². The summed E-state index contributed by atoms with van der Waals surface area (Å²) < 4.78 is 15.0. The Morgan fingerprint density at radius 3 is 2.73 bits per heavy atom. The van der Waals surface area contributed by atoms with Crippen LogP contribution >= 0.6 is 0 Å². The Bertz CT molecular complexity index is 965. The zero-order valence-electron chi connectivity index (χ0n) is 15.1. The summed E-state index contributed by atoms with van der Waals surface area (Å²) in [5.74, 6) is 3.63. The fourth-order valence-electron chi connectivity index (χ4n) is 3.96. The van der Waals surface area contributed by atoms with Crippen molar-refractivity contribution < 1.29 is 14.0 Å². The van der Waals surface area contributed by atoms with E-state index < -0.39 is 11.7 Å². The van der Waals surface area contributed by atoms with Crippen molar-refractivity contribution in [3.05, 3.63) is 34.3 Å². The van der Waals surface area contributed by atoms with Gasteiger partial charge < -0.3 is 16.0 Å². The summed E-state index contributed by atoms with van der Waals surface area (Å²) in [7, 11) is 0. The molecule has 1 saturated carbocycles. The van der Waals surface area contributed by atoms with Gasteiger partial charge in [-0.2, -0.15) is 0 Å². The molecule has 0 radical (unpaired) electrons. The number of H-pyrrole nitrogens is 1. The van der Waals surface area contributed by atoms with Crippen LogP contribution in [0, 0.1) is 31.5 Å². The van der Waals surface area contributed by atoms with E-state index in [2.05, 4.69) is 22.1 Å². The number of primary amides is 1. The van der Waals surface area contributed by atoms with Gasteiger partial charge in [-0.1, -0.05) is 5.92 Å². The standard InChI is InChI=1S/C20H22FN3O2/c1-4-5-16(25)24-13-7-6-12(8-13)18-15(21)9-14(20(22)26)19-17(18)10(2)11(3)23-19/h9,12-13,23H,6-8H2,1-3H3,(H2,22,26)(H,24,25)/t12-,13?/m0/s1. The molecule has 1 aliphatic rings. The lowest BCUT2D eigenvalue weighted by atomic mass is 9.90. The van der Waals surface area contributed by atoms with Gasteiger partial charge >= 0.3 is 0 Å². The second kappa shape index (κ2) is 6.83. The van der Waals surface area contributed by atoms with E-state index in [1.807, 2.05) is 13.8 Å². The number of fused-ring (bicyclic) bond motifs is 1. The molecule has 6 heteroatoms. The average Bonchev–Trinajstić information content (AvgIpc) is 3.13. The highest BCUT2D eigenvalue weighted by molar-refractivity contribution is 6.07. The first kappa shape index (κ1) is 18.0. The maximum Gasteiger partial charge on any atom is 0.296 e. The lowest BCUT2D eigenvalue weighted by Gasteiger charge is -2.16. The lowest BCUT2D eigenvalue weighted by molar-refractivity contribution is -0.116. The van der Waals surface area contributed by atoms with Crippen molar-refractivity contribution in [1.82, 2.24) is 10.3 Å². The van der Waals surface area contributed by atoms with Crippen LogP contribution in [-0.4, -0.2) is 22.8 Å². The molecule has 1 unspecified atom stereocenters. The number of nitrogens with one attached hydrogen (secondary N) is 2. The van der Waals surface area contributed by atoms with Crippen molar-refractivity contribution in [1.29, 1.82) is 0 Å². The molecular weight excluding hydrogens is 333 g/mol. The number of carbonyl (C=O) groups excluding carboxylic acids is 2. The third kappa shape index (κ3) is 3.05. The smallest absolute Gasteiger partial charge is 0.296 e. The number of aryl methyl sites for hydroxylation is 2. The topological polar surface area (TPSA) is 88.0 Å². The maximum absolute atomic E-state index is 15.0. The molecule has 136 valence electrons. The molecule has 0 aliphatic heterocycles. The summed E-state index contributed by atoms with van der Waals surface area (Å²) in [6.07, 6.45) is 2.17. The SMILES string of the molecule is CC#CC(=O)NC1CC[C@H](c2c(F)cc(C(N)=O)c3[nH]c(C)c(C)c23)C1. The molecule has 4 N–H and O–H groups in total. The molecule has 2 amide bonds. The van der Waals surface area contributed by atoms with Gasteiger partial charge in [0.2, 0.25) is 0 Å². The molecule has 2 atom stereocenters. The van der Waals surface area contributed by atoms with Crippen LogP contribution in [0.1, 0.15) is 59.3 Å². The van der Waals surface area contributed by atoms with Gasteiger partial charge in [0.05, 0.1) is 11.1 Å². The lowest BCUT2D eigenvalue weighted by Crippen LogP contribution is -2.31. The number of benzene rings is 1. The van der Waals surface area contributed by atoms with Crippen LogP contribution < -0.4 is 11.1 Å². The second-order valence-electron chi connectivity index (χ2n) is 6.86. The largest absolute Gasteiger partial charge is 0.366 e. The Balaban J connectivity index is 2.02. The monoisotopic (exact) mass is 355 g/mol. The molecule has 1 heterocycles. The quantitative estimate of drug-likeness (QED) is 0.739. The van der Waals surface area contributed by atoms with E-state index in [0.717, 1.165) is 29.5 Å². The van der Waals surface area contributed by atoms with Gasteiger partial charge in [0.15, 0.2) is 0 Å². The van der Waals surface area contributed by atoms with E-state index in [0.29, 0.717) is 17.5 Å². The van der Waals surface area contributed by atoms with Crippen molar-refractivity contribution >= 4 is 22.7 Å². The molecule has 0 bridgehead atoms. The van der Waals surface area contributed by atoms with Gasteiger partial charge in [0, 0.05) is 22.7 Å². The summed E-state index contributed by atoms with van der Waals surface area (Å²) >= 11 is 0. The highest BCUT2D eigenvalue weighted by Gasteiger charge is 2.32. The number of nitrogens with two attached hydrogens (primary N) is 1. The molecule has 1 aromatic carbocycles. The second-order valence-corrected chi connectivity index (χ2v) is 6.86. The molecule has 1 aliphatic carbocycles. The minimum absolute atomic E-state index is 0.0287. The average molecular weight is 355 g/mol. The summed E-state index contributed by atoms with van der Waals surface area (Å²) in [4.78, 5) is 26.6. The Morgan fingerprint density at radius 2 is 2.08 bits per heavy atom. The predicted octanol–water partition coefficient (Wildman–Crippen LogP) is 2.80. The van der Waals surface area contributed by atoms with Crippen LogP contribution in [-0.2, 0) is 4.79 Å². The molecule has 1 aromatic heterocycles. The summed E-state index contributed by atoms with van der Waals surface area (Å²) in [6, 6.07) is 1.20. The van der Waals surface area contributed by atoms with Crippen LogP contribution in [0.4, 0.5) is 4.39 Å². The number of hydrogen-bond acceptors (Lipinski definition) is 2. The molecule has 2 aromatic rings. The van der Waals surface area contributed by atoms with Gasteiger partial charge in [0.1, 0.15) is 5.82 Å². The first-order chi connectivity index (χ1) is 12.3. The van der Waals surface area contributed by atoms with Crippen LogP contribution in [0.5, 0.6) is 0 Å². The van der Waals surface area contributed by atoms with Crippen LogP contribution in [0.3, 0.4) is 0 Å². The van der Waals surface area contributed by atoms with E-state index in [4.69, 9.17) is 5.73 Å². The summed E-state index contributed by atoms with van der Waals surface area (Å²) in [5, 5.41) is 3.62. The van der Waals surface area contributed by atoms with Gasteiger partial charge in [-0.15, -0.1) is 0 Å². The highest BCUT2D eigenvalue weighted by atomic mass is 19.1. The van der Waals surface area contributed by atoms with E-state index in [-0.39, 0.29) is 23.4 Å². The molecule has 5 nitrogen and oxygen atoms in total. The van der Waals surface area contributed by atoms with Gasteiger partial charge in [-0.3, -0.25) is 9.59 Å². The maximum atomic E-state index is 15.0. The number of carbonyl (C=O) groups is 2. The van der Waals surface area contributed by atoms with Crippen LogP contribution in [0.25, 0.3) is 10.9 Å². The van der Waals surface area contributed by atoms with Crippen molar-refractivity contribution in [3.63, 3.8) is 0 Å². The molecule has 0 spiro atoms. The Labute approximate surface area is 151 Å². The first-order valence-electron chi connectivity index (χ1n) is 8.67. The van der Waals surface area contributed by atoms with Gasteiger partial charge in [0.25, 0.3) is 11.8 Å². The van der Waals surface area contributed by atoms with E-state index in [1.165, 1.54) is 6.07 Å². The molecule has 1 fully saturated rings. The number of hydrogen-bond donors (Lipinski definition) is 3. The fourth-order valence-corrected chi connectivity index (χ4v) is 3.96. The van der Waals surface area contributed by atoms with Gasteiger partial charge in [-0.05, 0) is 63.5 Å². The minimum Gasteiger partial charge on any atom is -0.366 e. The van der Waals surface area contributed by atoms with Crippen molar-refractivity contribution in [2.75, 3.05) is 0 Å². The normalized spacial score (nSPS) is 19.2. The van der Waals surface area contributed by atoms with Crippen molar-refractivity contribution in [2.45, 2.75) is 52.0 Å². The predicted molar refractivity (Wildman–Crippen MR) is 98.2 cm³/mol.